The van der Waals surface area contributed by atoms with E-state index >= 15 is 0 Å². The van der Waals surface area contributed by atoms with Crippen LogP contribution in [-0.4, -0.2) is 37.5 Å². The van der Waals surface area contributed by atoms with Gasteiger partial charge in [-0.15, -0.1) is 0 Å². The lowest BCUT2D eigenvalue weighted by molar-refractivity contribution is 0.0745. The molecule has 0 saturated carbocycles. The Labute approximate surface area is 156 Å². The molecule has 4 heterocycles. The normalized spacial score (nSPS) is 16.3. The molecule has 0 unspecified atom stereocenters. The number of amides is 1. The Hall–Kier alpha value is -3.41. The molecule has 2 N–H and O–H groups in total. The first kappa shape index (κ1) is 15.8. The maximum absolute atomic E-state index is 13.0. The second-order valence-corrected chi connectivity index (χ2v) is 6.91. The van der Waals surface area contributed by atoms with Gasteiger partial charge in [-0.05, 0) is 36.6 Å². The number of pyridine rings is 1. The Bertz CT molecular complexity index is 1130. The van der Waals surface area contributed by atoms with Gasteiger partial charge in [0.15, 0.2) is 5.69 Å². The number of H-pyrrole nitrogens is 2. The van der Waals surface area contributed by atoms with Gasteiger partial charge in [0.1, 0.15) is 0 Å². The topological polar surface area (TPSA) is 77.7 Å². The summed E-state index contributed by atoms with van der Waals surface area (Å²) in [4.78, 5) is 22.5. The highest BCUT2D eigenvalue weighted by molar-refractivity contribution is 5.98. The van der Waals surface area contributed by atoms with Gasteiger partial charge in [-0.1, -0.05) is 24.3 Å². The third kappa shape index (κ3) is 2.44. The first-order valence-corrected chi connectivity index (χ1v) is 9.05. The number of rotatable bonds is 4. The molecule has 1 aliphatic rings. The molecule has 0 spiro atoms. The molecule has 27 heavy (non-hydrogen) atoms. The fraction of sp³-hybridized carbons (Fsp3) is 0.190. The number of aromatic nitrogens is 4. The van der Waals surface area contributed by atoms with Crippen LogP contribution in [0.4, 0.5) is 0 Å². The van der Waals surface area contributed by atoms with Gasteiger partial charge in [-0.25, -0.2) is 0 Å². The second kappa shape index (κ2) is 6.09. The van der Waals surface area contributed by atoms with E-state index in [0.29, 0.717) is 12.2 Å². The highest BCUT2D eigenvalue weighted by Gasteiger charge is 2.41. The number of fused-ring (bicyclic) bond motifs is 2. The number of hydrogen-bond donors (Lipinski definition) is 2. The van der Waals surface area contributed by atoms with E-state index in [1.165, 1.54) is 10.9 Å². The van der Waals surface area contributed by atoms with Crippen molar-refractivity contribution < 1.29 is 4.79 Å². The van der Waals surface area contributed by atoms with Gasteiger partial charge in [0.25, 0.3) is 5.91 Å². The molecule has 5 rings (SSSR count). The molecule has 134 valence electrons. The molecule has 4 aromatic rings. The third-order valence-corrected chi connectivity index (χ3v) is 5.34. The van der Waals surface area contributed by atoms with Crippen molar-refractivity contribution in [3.8, 4) is 0 Å². The van der Waals surface area contributed by atoms with Crippen molar-refractivity contribution in [2.75, 3.05) is 6.54 Å². The van der Waals surface area contributed by atoms with Crippen LogP contribution in [0.15, 0.2) is 55.0 Å². The van der Waals surface area contributed by atoms with Gasteiger partial charge in [0.05, 0.1) is 6.04 Å². The van der Waals surface area contributed by atoms with E-state index < -0.39 is 0 Å². The summed E-state index contributed by atoms with van der Waals surface area (Å²) in [5, 5.41) is 8.42. The molecule has 1 aliphatic heterocycles. The summed E-state index contributed by atoms with van der Waals surface area (Å²) in [6, 6.07) is 12.0. The molecular weight excluding hydrogens is 338 g/mol. The number of carbonyl (C=O) groups is 1. The van der Waals surface area contributed by atoms with Crippen LogP contribution in [0, 0.1) is 6.92 Å². The highest BCUT2D eigenvalue weighted by atomic mass is 16.2. The summed E-state index contributed by atoms with van der Waals surface area (Å²) in [6.45, 7) is 2.59. The second-order valence-electron chi connectivity index (χ2n) is 6.91. The molecule has 6 nitrogen and oxygen atoms in total. The maximum atomic E-state index is 13.0. The van der Waals surface area contributed by atoms with Gasteiger partial charge in [-0.2, -0.15) is 5.10 Å². The molecule has 0 aliphatic carbocycles. The molecule has 0 bridgehead atoms. The van der Waals surface area contributed by atoms with Crippen molar-refractivity contribution in [1.29, 1.82) is 0 Å². The van der Waals surface area contributed by atoms with Crippen molar-refractivity contribution >= 4 is 16.8 Å². The van der Waals surface area contributed by atoms with E-state index in [1.807, 2.05) is 48.5 Å². The molecule has 1 aromatic carbocycles. The van der Waals surface area contributed by atoms with Crippen LogP contribution in [0.2, 0.25) is 0 Å². The SMILES string of the molecule is Cc1[nH]nc2c1[C@@H](c1cccnc1)N(CCc1c[nH]c3ccccc13)C2=O. The number of benzene rings is 1. The van der Waals surface area contributed by atoms with E-state index in [9.17, 15) is 4.79 Å². The van der Waals surface area contributed by atoms with E-state index in [-0.39, 0.29) is 11.9 Å². The fourth-order valence-corrected chi connectivity index (χ4v) is 4.04. The van der Waals surface area contributed by atoms with Crippen molar-refractivity contribution in [3.63, 3.8) is 0 Å². The number of para-hydroxylation sites is 1. The van der Waals surface area contributed by atoms with E-state index in [0.717, 1.165) is 28.8 Å². The Morgan fingerprint density at radius 3 is 2.93 bits per heavy atom. The molecule has 1 amide bonds. The lowest BCUT2D eigenvalue weighted by Gasteiger charge is -2.26. The van der Waals surface area contributed by atoms with Gasteiger partial charge in [0.2, 0.25) is 0 Å². The van der Waals surface area contributed by atoms with Gasteiger partial charge < -0.3 is 9.88 Å². The zero-order chi connectivity index (χ0) is 18.4. The minimum Gasteiger partial charge on any atom is -0.361 e. The molecular formula is C21H19N5O. The highest BCUT2D eigenvalue weighted by Crippen LogP contribution is 2.39. The molecule has 0 saturated heterocycles. The third-order valence-electron chi connectivity index (χ3n) is 5.34. The zero-order valence-corrected chi connectivity index (χ0v) is 14.9. The number of nitrogens with zero attached hydrogens (tertiary/aromatic N) is 3. The fourth-order valence-electron chi connectivity index (χ4n) is 4.04. The lowest BCUT2D eigenvalue weighted by Crippen LogP contribution is -2.31. The smallest absolute Gasteiger partial charge is 0.275 e. The molecule has 1 atom stereocenters. The standard InChI is InChI=1S/C21H19N5O/c1-13-18-19(25-24-13)21(27)26(20(18)15-5-4-9-22-11-15)10-8-14-12-23-17-7-3-2-6-16(14)17/h2-7,9,11-12,20,23H,8,10H2,1H3,(H,24,25)/t20-/m1/s1. The molecule has 6 heteroatoms. The largest absolute Gasteiger partial charge is 0.361 e. The van der Waals surface area contributed by atoms with Crippen LogP contribution < -0.4 is 0 Å². The van der Waals surface area contributed by atoms with E-state index in [1.54, 1.807) is 6.20 Å². The minimum atomic E-state index is -0.148. The summed E-state index contributed by atoms with van der Waals surface area (Å²) in [6.07, 6.45) is 6.39. The van der Waals surface area contributed by atoms with Crippen molar-refractivity contribution in [2.24, 2.45) is 0 Å². The Morgan fingerprint density at radius 1 is 1.19 bits per heavy atom. The average Bonchev–Trinajstić information content (AvgIpc) is 3.36. The summed E-state index contributed by atoms with van der Waals surface area (Å²) >= 11 is 0. The quantitative estimate of drug-likeness (QED) is 0.588. The summed E-state index contributed by atoms with van der Waals surface area (Å²) in [5.41, 5.74) is 5.77. The lowest BCUT2D eigenvalue weighted by atomic mass is 10.0. The van der Waals surface area contributed by atoms with Crippen LogP contribution in [0.1, 0.15) is 38.9 Å². The summed E-state index contributed by atoms with van der Waals surface area (Å²) in [5.74, 6) is -0.0250. The first-order chi connectivity index (χ1) is 13.2. The number of carbonyl (C=O) groups excluding carboxylic acids is 1. The molecule has 0 fully saturated rings. The van der Waals surface area contributed by atoms with E-state index in [2.05, 4.69) is 32.3 Å². The number of hydrogen-bond acceptors (Lipinski definition) is 3. The Kier molecular flexibility index (Phi) is 3.57. The van der Waals surface area contributed by atoms with E-state index in [4.69, 9.17) is 0 Å². The number of aryl methyl sites for hydroxylation is 1. The number of aromatic amines is 2. The monoisotopic (exact) mass is 357 g/mol. The van der Waals surface area contributed by atoms with Gasteiger partial charge >= 0.3 is 0 Å². The maximum Gasteiger partial charge on any atom is 0.275 e. The van der Waals surface area contributed by atoms with Gasteiger partial charge in [-0.3, -0.25) is 14.9 Å². The van der Waals surface area contributed by atoms with Crippen molar-refractivity contribution in [3.05, 3.63) is 83.1 Å². The predicted octanol–water partition coefficient (Wildman–Crippen LogP) is 3.38. The van der Waals surface area contributed by atoms with Crippen molar-refractivity contribution in [1.82, 2.24) is 25.1 Å². The molecule has 0 radical (unpaired) electrons. The van der Waals surface area contributed by atoms with Crippen LogP contribution in [-0.2, 0) is 6.42 Å². The first-order valence-electron chi connectivity index (χ1n) is 9.05. The van der Waals surface area contributed by atoms with Crippen LogP contribution in [0.3, 0.4) is 0 Å². The summed E-state index contributed by atoms with van der Waals surface area (Å²) < 4.78 is 0. The Morgan fingerprint density at radius 2 is 2.07 bits per heavy atom. The Balaban J connectivity index is 1.50. The van der Waals surface area contributed by atoms with Crippen molar-refractivity contribution in [2.45, 2.75) is 19.4 Å². The average molecular weight is 357 g/mol. The van der Waals surface area contributed by atoms with Crippen LogP contribution in [0.5, 0.6) is 0 Å². The van der Waals surface area contributed by atoms with Crippen LogP contribution >= 0.6 is 0 Å². The van der Waals surface area contributed by atoms with Gasteiger partial charge in [0, 0.05) is 47.3 Å². The van der Waals surface area contributed by atoms with Crippen LogP contribution in [0.25, 0.3) is 10.9 Å². The zero-order valence-electron chi connectivity index (χ0n) is 14.9. The predicted molar refractivity (Wildman–Crippen MR) is 102 cm³/mol. The summed E-state index contributed by atoms with van der Waals surface area (Å²) in [7, 11) is 0. The number of nitrogens with one attached hydrogen (secondary N) is 2. The minimum absolute atomic E-state index is 0.0250. The molecule has 3 aromatic heterocycles.